The first-order valence-corrected chi connectivity index (χ1v) is 11.4. The zero-order valence-electron chi connectivity index (χ0n) is 20.1. The van der Waals surface area contributed by atoms with Crippen LogP contribution >= 0.6 is 0 Å². The maximum Gasteiger partial charge on any atom is 0.410 e. The Morgan fingerprint density at radius 3 is 2.34 bits per heavy atom. The van der Waals surface area contributed by atoms with E-state index >= 15 is 0 Å². The first kappa shape index (κ1) is 25.8. The number of ether oxygens (including phenoxy) is 1. The Bertz CT molecular complexity index is 971. The highest BCUT2D eigenvalue weighted by molar-refractivity contribution is 5.68. The van der Waals surface area contributed by atoms with Gasteiger partial charge in [-0.05, 0) is 81.0 Å². The number of carbonyl (C=O) groups is 1. The summed E-state index contributed by atoms with van der Waals surface area (Å²) >= 11 is 0. The number of amides is 1. The summed E-state index contributed by atoms with van der Waals surface area (Å²) in [6, 6.07) is 6.48. The minimum Gasteiger partial charge on any atom is -0.444 e. The molecule has 2 aliphatic carbocycles. The molecule has 2 aromatic heterocycles. The van der Waals surface area contributed by atoms with E-state index in [0.717, 1.165) is 18.5 Å². The van der Waals surface area contributed by atoms with E-state index < -0.39 is 5.60 Å². The highest BCUT2D eigenvalue weighted by Gasteiger charge is 2.80. The maximum absolute atomic E-state index is 12.8. The minimum atomic E-state index is -0.468. The van der Waals surface area contributed by atoms with Crippen LogP contribution in [0.15, 0.2) is 55.4 Å². The van der Waals surface area contributed by atoms with Crippen LogP contribution in [0.4, 0.5) is 4.79 Å². The first-order valence-electron chi connectivity index (χ1n) is 11.4. The fraction of sp³-hybridized carbons (Fsp3) is 0.536. The highest BCUT2D eigenvalue weighted by Crippen LogP contribution is 2.85. The van der Waals surface area contributed by atoms with Crippen molar-refractivity contribution < 1.29 is 9.53 Å². The van der Waals surface area contributed by atoms with E-state index in [9.17, 15) is 4.79 Å². The van der Waals surface area contributed by atoms with Crippen LogP contribution in [0, 0.1) is 10.8 Å². The van der Waals surface area contributed by atoms with Gasteiger partial charge in [0.05, 0.1) is 6.54 Å². The fourth-order valence-electron chi connectivity index (χ4n) is 4.39. The molecule has 2 fully saturated rings. The summed E-state index contributed by atoms with van der Waals surface area (Å²) in [6.45, 7) is 17.1. The van der Waals surface area contributed by atoms with Gasteiger partial charge in [-0.2, -0.15) is 0 Å². The lowest BCUT2D eigenvalue weighted by molar-refractivity contribution is 0.0209. The lowest BCUT2D eigenvalue weighted by Crippen LogP contribution is -2.38. The van der Waals surface area contributed by atoms with Gasteiger partial charge in [0, 0.05) is 24.5 Å². The van der Waals surface area contributed by atoms with Crippen LogP contribution in [-0.4, -0.2) is 27.5 Å². The van der Waals surface area contributed by atoms with Crippen LogP contribution in [0.2, 0.25) is 0 Å². The summed E-state index contributed by atoms with van der Waals surface area (Å²) in [5, 5.41) is 0. The number of rotatable bonds is 6. The number of allylic oxidation sites excluding steroid dienone is 3. The van der Waals surface area contributed by atoms with Crippen molar-refractivity contribution in [2.45, 2.75) is 80.4 Å². The molecule has 0 unspecified atom stereocenters. The monoisotopic (exact) mass is 438 g/mol. The van der Waals surface area contributed by atoms with E-state index in [0.29, 0.717) is 17.4 Å². The van der Waals surface area contributed by atoms with Gasteiger partial charge in [0.1, 0.15) is 5.60 Å². The average Bonchev–Trinajstić information content (AvgIpc) is 3.33. The molecule has 176 valence electrons. The number of fused-ring (bicyclic) bond motifs is 2. The Kier molecular flexibility index (Phi) is 7.70. The van der Waals surface area contributed by atoms with E-state index in [2.05, 4.69) is 55.4 Å². The highest BCUT2D eigenvalue weighted by atomic mass is 16.6. The molecule has 0 aromatic carbocycles. The van der Waals surface area contributed by atoms with Gasteiger partial charge in [0.2, 0.25) is 0 Å². The van der Waals surface area contributed by atoms with Crippen molar-refractivity contribution >= 4 is 11.6 Å². The van der Waals surface area contributed by atoms with Crippen LogP contribution in [0.3, 0.4) is 0 Å². The normalized spacial score (nSPS) is 22.9. The summed E-state index contributed by atoms with van der Waals surface area (Å²) < 4.78 is 7.85. The summed E-state index contributed by atoms with van der Waals surface area (Å²) in [4.78, 5) is 14.7. The fourth-order valence-corrected chi connectivity index (χ4v) is 4.39. The molecule has 4 rings (SSSR count). The number of carbonyl (C=O) groups excluding carboxylic acids is 1. The van der Waals surface area contributed by atoms with E-state index in [4.69, 9.17) is 4.74 Å². The van der Waals surface area contributed by atoms with Crippen molar-refractivity contribution in [1.82, 2.24) is 9.30 Å². The van der Waals surface area contributed by atoms with Crippen molar-refractivity contribution in [3.05, 3.63) is 66.5 Å². The lowest BCUT2D eigenvalue weighted by atomic mass is 10.1. The third kappa shape index (κ3) is 5.85. The molecule has 2 aromatic rings. The Morgan fingerprint density at radius 2 is 1.88 bits per heavy atom. The summed E-state index contributed by atoms with van der Waals surface area (Å²) in [5.74, 6) is 0. The molecular formula is C28H42N2O2. The van der Waals surface area contributed by atoms with Gasteiger partial charge in [-0.15, -0.1) is 0 Å². The third-order valence-corrected chi connectivity index (χ3v) is 6.45. The topological polar surface area (TPSA) is 34.0 Å². The molecule has 0 radical (unpaired) electrons. The largest absolute Gasteiger partial charge is 0.444 e. The Labute approximate surface area is 195 Å². The van der Waals surface area contributed by atoms with Gasteiger partial charge in [0.25, 0.3) is 0 Å². The number of hydrogen-bond acceptors (Lipinski definition) is 2. The van der Waals surface area contributed by atoms with Crippen molar-refractivity contribution in [2.75, 3.05) is 6.54 Å². The molecule has 32 heavy (non-hydrogen) atoms. The molecule has 0 spiro atoms. The predicted octanol–water partition coefficient (Wildman–Crippen LogP) is 7.42. The summed E-state index contributed by atoms with van der Waals surface area (Å²) in [7, 11) is 0. The zero-order valence-corrected chi connectivity index (χ0v) is 20.1. The average molecular weight is 439 g/mol. The standard InChI is InChI=1S/C22H30N2O2.C5H8.CH4/c1-6-16-9-18-8-7-17(11-23(18)10-16)12-24(19(25)26-20(2,3)4)15-22-13-21(22,5)14-22;1-3-5-4-2;/h7-11H,6,12-15H2,1-5H3;3-5H,1H2,2H3;1H4. The Balaban J connectivity index is 0.000000548. The molecular weight excluding hydrogens is 396 g/mol. The van der Waals surface area contributed by atoms with Crippen molar-refractivity contribution in [3.63, 3.8) is 0 Å². The van der Waals surface area contributed by atoms with Gasteiger partial charge in [-0.25, -0.2) is 4.79 Å². The zero-order chi connectivity index (χ0) is 22.9. The molecule has 0 N–H and O–H groups in total. The molecule has 0 atom stereocenters. The van der Waals surface area contributed by atoms with E-state index in [1.807, 2.05) is 44.7 Å². The van der Waals surface area contributed by atoms with Crippen LogP contribution in [0.1, 0.15) is 72.9 Å². The van der Waals surface area contributed by atoms with Gasteiger partial charge in [-0.1, -0.05) is 52.1 Å². The van der Waals surface area contributed by atoms with Crippen molar-refractivity contribution in [1.29, 1.82) is 0 Å². The molecule has 2 saturated carbocycles. The second-order valence-electron chi connectivity index (χ2n) is 10.4. The summed E-state index contributed by atoms with van der Waals surface area (Å²) in [5.41, 5.74) is 4.04. The molecule has 1 amide bonds. The van der Waals surface area contributed by atoms with Gasteiger partial charge in [-0.3, -0.25) is 0 Å². The van der Waals surface area contributed by atoms with Crippen LogP contribution in [-0.2, 0) is 17.7 Å². The second kappa shape index (κ2) is 9.56. The van der Waals surface area contributed by atoms with Gasteiger partial charge < -0.3 is 14.0 Å². The molecule has 2 heterocycles. The number of pyridine rings is 1. The molecule has 4 nitrogen and oxygen atoms in total. The minimum absolute atomic E-state index is 0. The lowest BCUT2D eigenvalue weighted by Gasteiger charge is -2.28. The Hall–Kier alpha value is -2.49. The van der Waals surface area contributed by atoms with Gasteiger partial charge in [0.15, 0.2) is 0 Å². The molecule has 4 heteroatoms. The molecule has 0 aliphatic heterocycles. The molecule has 0 bridgehead atoms. The maximum atomic E-state index is 12.8. The number of aromatic nitrogens is 1. The first-order chi connectivity index (χ1) is 14.5. The number of aryl methyl sites for hydroxylation is 1. The van der Waals surface area contributed by atoms with E-state index in [-0.39, 0.29) is 13.5 Å². The van der Waals surface area contributed by atoms with Crippen molar-refractivity contribution in [3.8, 4) is 0 Å². The van der Waals surface area contributed by atoms with Crippen LogP contribution < -0.4 is 0 Å². The Morgan fingerprint density at radius 1 is 1.25 bits per heavy atom. The smallest absolute Gasteiger partial charge is 0.410 e. The number of nitrogens with zero attached hydrogens (tertiary/aromatic N) is 2. The van der Waals surface area contributed by atoms with E-state index in [1.54, 1.807) is 6.08 Å². The SMILES string of the molecule is C.C=CC=CC.CCc1cc2ccc(CN(CC34CC3(C)C4)C(=O)OC(C)(C)C)cn2c1. The predicted molar refractivity (Wildman–Crippen MR) is 135 cm³/mol. The quantitative estimate of drug-likeness (QED) is 0.440. The molecule has 0 saturated heterocycles. The van der Waals surface area contributed by atoms with Gasteiger partial charge >= 0.3 is 6.09 Å². The van der Waals surface area contributed by atoms with Crippen molar-refractivity contribution in [2.24, 2.45) is 10.8 Å². The second-order valence-corrected chi connectivity index (χ2v) is 10.4. The van der Waals surface area contributed by atoms with E-state index in [1.165, 1.54) is 23.9 Å². The van der Waals surface area contributed by atoms with Crippen LogP contribution in [0.25, 0.3) is 5.52 Å². The number of hydrogen-bond donors (Lipinski definition) is 0. The van der Waals surface area contributed by atoms with Crippen LogP contribution in [0.5, 0.6) is 0 Å². The summed E-state index contributed by atoms with van der Waals surface area (Å²) in [6.07, 6.45) is 13.2. The molecule has 2 aliphatic rings. The third-order valence-electron chi connectivity index (χ3n) is 6.45.